The largest absolute Gasteiger partial charge is 0.502 e. The Balaban J connectivity index is 1.72. The molecule has 1 aromatic carbocycles. The molecule has 1 N–H and O–H groups in total. The van der Waals surface area contributed by atoms with Crippen LogP contribution in [0.3, 0.4) is 0 Å². The summed E-state index contributed by atoms with van der Waals surface area (Å²) in [6.45, 7) is 4.77. The monoisotopic (exact) mass is 427 g/mol. The number of carbonyl (C=O) groups excluding carboxylic acids is 2. The number of hydrogen-bond acceptors (Lipinski definition) is 4. The van der Waals surface area contributed by atoms with Crippen molar-refractivity contribution in [1.29, 1.82) is 0 Å². The highest BCUT2D eigenvalue weighted by molar-refractivity contribution is 6.35. The van der Waals surface area contributed by atoms with Crippen LogP contribution in [0.25, 0.3) is 5.57 Å². The number of ether oxygens (including phenoxy) is 1. The number of aliphatic hydroxyl groups is 1. The van der Waals surface area contributed by atoms with Gasteiger partial charge >= 0.3 is 0 Å². The Labute approximate surface area is 186 Å². The zero-order valence-corrected chi connectivity index (χ0v) is 19.1. The predicted octanol–water partition coefficient (Wildman–Crippen LogP) is 6.03. The van der Waals surface area contributed by atoms with Crippen molar-refractivity contribution < 1.29 is 19.4 Å². The number of nitrogens with zero attached hydrogens (tertiary/aromatic N) is 1. The maximum absolute atomic E-state index is 13.3. The minimum absolute atomic E-state index is 0.117. The van der Waals surface area contributed by atoms with Gasteiger partial charge in [0.1, 0.15) is 5.75 Å². The number of benzene rings is 1. The van der Waals surface area contributed by atoms with Gasteiger partial charge in [0, 0.05) is 6.04 Å². The highest BCUT2D eigenvalue weighted by atomic mass is 16.5. The van der Waals surface area contributed by atoms with Gasteiger partial charge in [0.25, 0.3) is 11.8 Å². The molecule has 170 valence electrons. The number of imide groups is 1. The molecule has 0 spiro atoms. The first kappa shape index (κ1) is 23.4. The molecule has 1 aliphatic carbocycles. The van der Waals surface area contributed by atoms with Crippen molar-refractivity contribution in [3.05, 3.63) is 35.6 Å². The van der Waals surface area contributed by atoms with Gasteiger partial charge in [0.05, 0.1) is 12.2 Å². The average molecular weight is 428 g/mol. The number of carbonyl (C=O) groups is 2. The van der Waals surface area contributed by atoms with Crippen LogP contribution in [-0.2, 0) is 9.59 Å². The van der Waals surface area contributed by atoms with E-state index >= 15 is 0 Å². The molecule has 0 radical (unpaired) electrons. The number of rotatable bonds is 5. The Hall–Kier alpha value is -2.30. The van der Waals surface area contributed by atoms with E-state index in [1.54, 1.807) is 24.3 Å². The molecule has 5 heteroatoms. The van der Waals surface area contributed by atoms with Crippen LogP contribution in [-0.4, -0.2) is 34.5 Å². The highest BCUT2D eigenvalue weighted by Gasteiger charge is 2.42. The molecular formula is C26H37NO4. The van der Waals surface area contributed by atoms with Crippen molar-refractivity contribution in [2.75, 3.05) is 6.61 Å². The number of amides is 2. The minimum Gasteiger partial charge on any atom is -0.502 e. The smallest absolute Gasteiger partial charge is 0.296 e. The maximum Gasteiger partial charge on any atom is 0.296 e. The molecule has 0 atom stereocenters. The first-order chi connectivity index (χ1) is 15.0. The second-order valence-electron chi connectivity index (χ2n) is 9.35. The molecular weight excluding hydrogens is 390 g/mol. The molecule has 31 heavy (non-hydrogen) atoms. The van der Waals surface area contributed by atoms with E-state index in [9.17, 15) is 14.7 Å². The molecule has 0 aromatic heterocycles. The first-order valence-corrected chi connectivity index (χ1v) is 12.0. The van der Waals surface area contributed by atoms with Crippen molar-refractivity contribution in [1.82, 2.24) is 4.90 Å². The van der Waals surface area contributed by atoms with E-state index in [1.807, 2.05) is 0 Å². The molecule has 1 fully saturated rings. The summed E-state index contributed by atoms with van der Waals surface area (Å²) in [6, 6.07) is 6.93. The Morgan fingerprint density at radius 2 is 1.39 bits per heavy atom. The van der Waals surface area contributed by atoms with Crippen LogP contribution < -0.4 is 4.74 Å². The van der Waals surface area contributed by atoms with E-state index in [4.69, 9.17) is 4.74 Å². The van der Waals surface area contributed by atoms with Gasteiger partial charge in [0.15, 0.2) is 5.76 Å². The van der Waals surface area contributed by atoms with Crippen LogP contribution in [0.15, 0.2) is 30.0 Å². The second-order valence-corrected chi connectivity index (χ2v) is 9.35. The minimum atomic E-state index is -0.544. The standard InChI is InChI=1S/C26H37NO4/c1-19(2)18-31-22-16-14-20(15-17-22)23-24(28)26(30)27(25(23)29)21-12-10-8-6-4-3-5-7-9-11-13-21/h14-17,19,21,28H,3-13,18H2,1-2H3. The Kier molecular flexibility index (Phi) is 8.56. The molecule has 3 rings (SSSR count). The fourth-order valence-electron chi connectivity index (χ4n) is 4.51. The molecule has 5 nitrogen and oxygen atoms in total. The molecule has 0 bridgehead atoms. The van der Waals surface area contributed by atoms with Crippen LogP contribution >= 0.6 is 0 Å². The molecule has 1 aromatic rings. The van der Waals surface area contributed by atoms with Gasteiger partial charge in [-0.25, -0.2) is 0 Å². The van der Waals surface area contributed by atoms with Crippen molar-refractivity contribution in [2.24, 2.45) is 5.92 Å². The number of aliphatic hydroxyl groups excluding tert-OH is 1. The highest BCUT2D eigenvalue weighted by Crippen LogP contribution is 2.33. The van der Waals surface area contributed by atoms with Gasteiger partial charge in [-0.1, -0.05) is 83.8 Å². The van der Waals surface area contributed by atoms with Crippen LogP contribution in [0.1, 0.15) is 90.0 Å². The quantitative estimate of drug-likeness (QED) is 0.582. The molecule has 0 unspecified atom stereocenters. The Morgan fingerprint density at radius 1 is 0.871 bits per heavy atom. The van der Waals surface area contributed by atoms with Gasteiger partial charge in [-0.2, -0.15) is 0 Å². The zero-order chi connectivity index (χ0) is 22.2. The summed E-state index contributed by atoms with van der Waals surface area (Å²) >= 11 is 0. The van der Waals surface area contributed by atoms with Gasteiger partial charge in [0.2, 0.25) is 0 Å². The fourth-order valence-corrected chi connectivity index (χ4v) is 4.51. The first-order valence-electron chi connectivity index (χ1n) is 12.0. The van der Waals surface area contributed by atoms with E-state index in [0.29, 0.717) is 23.8 Å². The molecule has 0 saturated heterocycles. The molecule has 2 amide bonds. The van der Waals surface area contributed by atoms with Gasteiger partial charge in [-0.05, 0) is 36.5 Å². The normalized spacial score (nSPS) is 20.2. The SMILES string of the molecule is CC(C)COc1ccc(C2=C(O)C(=O)N(C3CCCCCCCCCCC3)C2=O)cc1. The lowest BCUT2D eigenvalue weighted by molar-refractivity contribution is -0.141. The Morgan fingerprint density at radius 3 is 1.90 bits per heavy atom. The van der Waals surface area contributed by atoms with E-state index in [1.165, 1.54) is 37.0 Å². The third-order valence-corrected chi connectivity index (χ3v) is 6.26. The van der Waals surface area contributed by atoms with Crippen molar-refractivity contribution in [3.63, 3.8) is 0 Å². The van der Waals surface area contributed by atoms with Crippen LogP contribution in [0.2, 0.25) is 0 Å². The summed E-state index contributed by atoms with van der Waals surface area (Å²) in [7, 11) is 0. The van der Waals surface area contributed by atoms with E-state index in [-0.39, 0.29) is 17.5 Å². The maximum atomic E-state index is 13.3. The average Bonchev–Trinajstić information content (AvgIpc) is 2.96. The van der Waals surface area contributed by atoms with E-state index in [2.05, 4.69) is 13.8 Å². The van der Waals surface area contributed by atoms with Crippen LogP contribution in [0.5, 0.6) is 5.75 Å². The lowest BCUT2D eigenvalue weighted by Crippen LogP contribution is -2.41. The second kappa shape index (κ2) is 11.4. The lowest BCUT2D eigenvalue weighted by atomic mass is 9.96. The van der Waals surface area contributed by atoms with E-state index < -0.39 is 11.7 Å². The third kappa shape index (κ3) is 6.11. The van der Waals surface area contributed by atoms with Crippen molar-refractivity contribution >= 4 is 17.4 Å². The zero-order valence-electron chi connectivity index (χ0n) is 19.1. The van der Waals surface area contributed by atoms with Gasteiger partial charge in [-0.15, -0.1) is 0 Å². The summed E-state index contributed by atoms with van der Waals surface area (Å²) in [5.41, 5.74) is 0.676. The lowest BCUT2D eigenvalue weighted by Gasteiger charge is -2.27. The predicted molar refractivity (Wildman–Crippen MR) is 123 cm³/mol. The fraction of sp³-hybridized carbons (Fsp3) is 0.615. The van der Waals surface area contributed by atoms with Gasteiger partial charge < -0.3 is 9.84 Å². The topological polar surface area (TPSA) is 66.8 Å². The van der Waals surface area contributed by atoms with Crippen molar-refractivity contribution in [2.45, 2.75) is 90.5 Å². The summed E-state index contributed by atoms with van der Waals surface area (Å²) in [6.07, 6.45) is 12.2. The van der Waals surface area contributed by atoms with Crippen LogP contribution in [0, 0.1) is 5.92 Å². The number of hydrogen-bond donors (Lipinski definition) is 1. The van der Waals surface area contributed by atoms with E-state index in [0.717, 1.165) is 38.5 Å². The molecule has 2 aliphatic rings. The third-order valence-electron chi connectivity index (χ3n) is 6.26. The summed E-state index contributed by atoms with van der Waals surface area (Å²) < 4.78 is 5.70. The van der Waals surface area contributed by atoms with Gasteiger partial charge in [-0.3, -0.25) is 14.5 Å². The summed E-state index contributed by atoms with van der Waals surface area (Å²) in [5, 5.41) is 10.6. The van der Waals surface area contributed by atoms with Crippen molar-refractivity contribution in [3.8, 4) is 5.75 Å². The molecule has 1 saturated carbocycles. The summed E-state index contributed by atoms with van der Waals surface area (Å²) in [4.78, 5) is 27.5. The summed E-state index contributed by atoms with van der Waals surface area (Å²) in [5.74, 6) is -0.204. The van der Waals surface area contributed by atoms with Crippen LogP contribution in [0.4, 0.5) is 0 Å². The molecule has 1 aliphatic heterocycles. The molecule has 1 heterocycles. The Bertz CT molecular complexity index is 769.